The summed E-state index contributed by atoms with van der Waals surface area (Å²) in [6.45, 7) is 3.68. The summed E-state index contributed by atoms with van der Waals surface area (Å²) in [6, 6.07) is 6.53. The van der Waals surface area contributed by atoms with Crippen LogP contribution in [0.25, 0.3) is 0 Å². The van der Waals surface area contributed by atoms with Crippen molar-refractivity contribution in [2.24, 2.45) is 0 Å². The number of benzene rings is 1. The Bertz CT molecular complexity index is 470. The fraction of sp³-hybridized carbons (Fsp3) is 0.417. The molecule has 1 aromatic rings. The molecule has 0 aromatic heterocycles. The molecule has 0 atom stereocenters. The van der Waals surface area contributed by atoms with E-state index in [4.69, 9.17) is 12.2 Å². The van der Waals surface area contributed by atoms with Crippen LogP contribution < -0.4 is 0 Å². The summed E-state index contributed by atoms with van der Waals surface area (Å²) in [7, 11) is 2.08. The van der Waals surface area contributed by atoms with Crippen molar-refractivity contribution < 1.29 is 4.92 Å². The predicted molar refractivity (Wildman–Crippen MR) is 73.9 cm³/mol. The Morgan fingerprint density at radius 3 is 2.61 bits per heavy atom. The third-order valence-corrected chi connectivity index (χ3v) is 3.59. The highest BCUT2D eigenvalue weighted by atomic mass is 32.1. The lowest BCUT2D eigenvalue weighted by Crippen LogP contribution is -2.46. The Balaban J connectivity index is 2.13. The van der Waals surface area contributed by atoms with Crippen LogP contribution in [0.2, 0.25) is 0 Å². The summed E-state index contributed by atoms with van der Waals surface area (Å²) >= 11 is 5.41. The number of non-ortho nitro benzene ring substituents is 1. The van der Waals surface area contributed by atoms with Crippen molar-refractivity contribution in [2.45, 2.75) is 0 Å². The molecule has 1 heterocycles. The first kappa shape index (κ1) is 12.9. The van der Waals surface area contributed by atoms with Crippen LogP contribution in [0, 0.1) is 10.1 Å². The zero-order valence-corrected chi connectivity index (χ0v) is 11.0. The predicted octanol–water partition coefficient (Wildman–Crippen LogP) is 1.52. The van der Waals surface area contributed by atoms with Crippen molar-refractivity contribution in [3.8, 4) is 0 Å². The minimum absolute atomic E-state index is 0.0870. The SMILES string of the molecule is CN1CCN(C(=S)c2cccc([N+](=O)[O-])c2)CC1. The van der Waals surface area contributed by atoms with Gasteiger partial charge in [0.2, 0.25) is 0 Å². The molecule has 0 amide bonds. The van der Waals surface area contributed by atoms with Crippen molar-refractivity contribution in [1.29, 1.82) is 0 Å². The standard InChI is InChI=1S/C12H15N3O2S/c1-13-5-7-14(8-6-13)12(18)10-3-2-4-11(9-10)15(16)17/h2-4,9H,5-8H2,1H3. The van der Waals surface area contributed by atoms with E-state index in [1.54, 1.807) is 12.1 Å². The van der Waals surface area contributed by atoms with Crippen molar-refractivity contribution in [1.82, 2.24) is 9.80 Å². The molecule has 18 heavy (non-hydrogen) atoms. The monoisotopic (exact) mass is 265 g/mol. The van der Waals surface area contributed by atoms with Crippen LogP contribution in [0.1, 0.15) is 5.56 Å². The zero-order valence-electron chi connectivity index (χ0n) is 10.2. The van der Waals surface area contributed by atoms with Gasteiger partial charge in [0, 0.05) is 43.9 Å². The lowest BCUT2D eigenvalue weighted by atomic mass is 10.1. The smallest absolute Gasteiger partial charge is 0.270 e. The molecule has 0 aliphatic carbocycles. The lowest BCUT2D eigenvalue weighted by Gasteiger charge is -2.34. The zero-order chi connectivity index (χ0) is 13.1. The highest BCUT2D eigenvalue weighted by Crippen LogP contribution is 2.16. The van der Waals surface area contributed by atoms with Crippen molar-refractivity contribution in [3.63, 3.8) is 0 Å². The van der Waals surface area contributed by atoms with Crippen LogP contribution >= 0.6 is 12.2 Å². The van der Waals surface area contributed by atoms with Gasteiger partial charge in [0.25, 0.3) is 5.69 Å². The number of hydrogen-bond donors (Lipinski definition) is 0. The minimum Gasteiger partial charge on any atom is -0.360 e. The van der Waals surface area contributed by atoms with Crippen LogP contribution in [0.4, 0.5) is 5.69 Å². The normalized spacial score (nSPS) is 16.6. The minimum atomic E-state index is -0.393. The third kappa shape index (κ3) is 2.83. The van der Waals surface area contributed by atoms with Crippen molar-refractivity contribution in [2.75, 3.05) is 33.2 Å². The van der Waals surface area contributed by atoms with E-state index in [9.17, 15) is 10.1 Å². The maximum absolute atomic E-state index is 10.7. The van der Waals surface area contributed by atoms with E-state index < -0.39 is 4.92 Å². The number of hydrogen-bond acceptors (Lipinski definition) is 4. The van der Waals surface area contributed by atoms with Crippen LogP contribution in [0.5, 0.6) is 0 Å². The van der Waals surface area contributed by atoms with Gasteiger partial charge in [-0.15, -0.1) is 0 Å². The van der Waals surface area contributed by atoms with Gasteiger partial charge in [-0.2, -0.15) is 0 Å². The summed E-state index contributed by atoms with van der Waals surface area (Å²) in [5.74, 6) is 0. The lowest BCUT2D eigenvalue weighted by molar-refractivity contribution is -0.384. The van der Waals surface area contributed by atoms with E-state index in [1.165, 1.54) is 6.07 Å². The van der Waals surface area contributed by atoms with Gasteiger partial charge in [-0.3, -0.25) is 10.1 Å². The van der Waals surface area contributed by atoms with Crippen molar-refractivity contribution >= 4 is 22.9 Å². The Labute approximate surface area is 111 Å². The van der Waals surface area contributed by atoms with E-state index in [-0.39, 0.29) is 5.69 Å². The van der Waals surface area contributed by atoms with Crippen LogP contribution in [-0.2, 0) is 0 Å². The number of nitrogens with zero attached hydrogens (tertiary/aromatic N) is 3. The van der Waals surface area contributed by atoms with E-state index in [0.29, 0.717) is 4.99 Å². The van der Waals surface area contributed by atoms with E-state index in [2.05, 4.69) is 16.8 Å². The molecule has 0 N–H and O–H groups in total. The first-order valence-electron chi connectivity index (χ1n) is 5.80. The molecule has 96 valence electrons. The second-order valence-electron chi connectivity index (χ2n) is 4.40. The molecule has 1 aromatic carbocycles. The Hall–Kier alpha value is -1.53. The molecule has 1 fully saturated rings. The topological polar surface area (TPSA) is 49.6 Å². The fourth-order valence-electron chi connectivity index (χ4n) is 1.94. The molecule has 1 aliphatic heterocycles. The van der Waals surface area contributed by atoms with Crippen LogP contribution in [0.3, 0.4) is 0 Å². The highest BCUT2D eigenvalue weighted by molar-refractivity contribution is 7.80. The first-order valence-corrected chi connectivity index (χ1v) is 6.21. The molecule has 0 bridgehead atoms. The van der Waals surface area contributed by atoms with E-state index >= 15 is 0 Å². The van der Waals surface area contributed by atoms with Gasteiger partial charge in [0.1, 0.15) is 4.99 Å². The maximum atomic E-state index is 10.7. The average Bonchev–Trinajstić information content (AvgIpc) is 2.39. The molecule has 2 rings (SSSR count). The molecule has 0 radical (unpaired) electrons. The number of rotatable bonds is 2. The summed E-state index contributed by atoms with van der Waals surface area (Å²) in [5, 5.41) is 10.7. The quantitative estimate of drug-likeness (QED) is 0.461. The molecule has 0 spiro atoms. The van der Waals surface area contributed by atoms with Gasteiger partial charge in [0.05, 0.1) is 4.92 Å². The summed E-state index contributed by atoms with van der Waals surface area (Å²) < 4.78 is 0. The molecule has 0 unspecified atom stereocenters. The van der Waals surface area contributed by atoms with Crippen LogP contribution in [-0.4, -0.2) is 52.9 Å². The van der Waals surface area contributed by atoms with Gasteiger partial charge in [0.15, 0.2) is 0 Å². The summed E-state index contributed by atoms with van der Waals surface area (Å²) in [4.78, 5) is 15.4. The van der Waals surface area contributed by atoms with Gasteiger partial charge in [-0.25, -0.2) is 0 Å². The Morgan fingerprint density at radius 1 is 1.33 bits per heavy atom. The van der Waals surface area contributed by atoms with Gasteiger partial charge >= 0.3 is 0 Å². The molecule has 1 saturated heterocycles. The van der Waals surface area contributed by atoms with Gasteiger partial charge in [-0.1, -0.05) is 24.4 Å². The van der Waals surface area contributed by atoms with Gasteiger partial charge in [-0.05, 0) is 7.05 Å². The van der Waals surface area contributed by atoms with Gasteiger partial charge < -0.3 is 9.80 Å². The molecule has 1 aliphatic rings. The number of nitro groups is 1. The average molecular weight is 265 g/mol. The van der Waals surface area contributed by atoms with E-state index in [0.717, 1.165) is 31.7 Å². The maximum Gasteiger partial charge on any atom is 0.270 e. The third-order valence-electron chi connectivity index (χ3n) is 3.09. The Kier molecular flexibility index (Phi) is 3.88. The van der Waals surface area contributed by atoms with Crippen LogP contribution in [0.15, 0.2) is 24.3 Å². The van der Waals surface area contributed by atoms with Crippen molar-refractivity contribution in [3.05, 3.63) is 39.9 Å². The number of thiocarbonyl (C=S) groups is 1. The largest absolute Gasteiger partial charge is 0.360 e. The summed E-state index contributed by atoms with van der Waals surface area (Å²) in [6.07, 6.45) is 0. The first-order chi connectivity index (χ1) is 8.58. The molecule has 0 saturated carbocycles. The number of likely N-dealkylation sites (N-methyl/N-ethyl adjacent to an activating group) is 1. The summed E-state index contributed by atoms with van der Waals surface area (Å²) in [5.41, 5.74) is 0.840. The second-order valence-corrected chi connectivity index (χ2v) is 4.79. The fourth-order valence-corrected chi connectivity index (χ4v) is 2.25. The molecule has 6 heteroatoms. The Morgan fingerprint density at radius 2 is 2.00 bits per heavy atom. The number of nitro benzene ring substituents is 1. The highest BCUT2D eigenvalue weighted by Gasteiger charge is 2.18. The van der Waals surface area contributed by atoms with E-state index in [1.807, 2.05) is 6.07 Å². The molecular weight excluding hydrogens is 250 g/mol. The number of piperazine rings is 1. The molecular formula is C12H15N3O2S. The second kappa shape index (κ2) is 5.41. The molecule has 5 nitrogen and oxygen atoms in total.